The Morgan fingerprint density at radius 1 is 1.21 bits per heavy atom. The number of aldehydes is 1. The van der Waals surface area contributed by atoms with Gasteiger partial charge in [-0.1, -0.05) is 5.16 Å². The molecule has 1 N–H and O–H groups in total. The minimum atomic E-state index is -3.75. The quantitative estimate of drug-likeness (QED) is 0.864. The molecule has 100 valence electrons. The third kappa shape index (κ3) is 2.65. The maximum Gasteiger partial charge on any atom is 0.267 e. The average molecular weight is 280 g/mol. The summed E-state index contributed by atoms with van der Waals surface area (Å²) in [6.07, 6.45) is 0.687. The zero-order chi connectivity index (χ0) is 14.0. The number of carbonyl (C=O) groups excluding carboxylic acids is 1. The van der Waals surface area contributed by atoms with Crippen molar-refractivity contribution in [1.29, 1.82) is 0 Å². The molecule has 0 bridgehead atoms. The van der Waals surface area contributed by atoms with Gasteiger partial charge in [0.1, 0.15) is 12.0 Å². The molecule has 0 saturated heterocycles. The van der Waals surface area contributed by atoms with E-state index in [2.05, 4.69) is 9.88 Å². The summed E-state index contributed by atoms with van der Waals surface area (Å²) in [6, 6.07) is 6.08. The van der Waals surface area contributed by atoms with Crippen molar-refractivity contribution < 1.29 is 17.7 Å². The van der Waals surface area contributed by atoms with Gasteiger partial charge < -0.3 is 4.52 Å². The fraction of sp³-hybridized carbons (Fsp3) is 0.167. The molecule has 0 fully saturated rings. The molecular formula is C12H12N2O4S. The molecule has 0 unspecified atom stereocenters. The van der Waals surface area contributed by atoms with Gasteiger partial charge in [0, 0.05) is 11.3 Å². The van der Waals surface area contributed by atoms with Crippen molar-refractivity contribution in [2.75, 3.05) is 4.72 Å². The molecule has 0 atom stereocenters. The number of carbonyl (C=O) groups is 1. The van der Waals surface area contributed by atoms with E-state index in [0.29, 0.717) is 23.2 Å². The highest BCUT2D eigenvalue weighted by molar-refractivity contribution is 7.92. The van der Waals surface area contributed by atoms with Crippen molar-refractivity contribution >= 4 is 22.0 Å². The van der Waals surface area contributed by atoms with Crippen LogP contribution in [0.25, 0.3) is 0 Å². The molecule has 2 aromatic rings. The molecule has 0 aliphatic carbocycles. The summed E-state index contributed by atoms with van der Waals surface area (Å²) in [5, 5.41) is 3.61. The third-order valence-electron chi connectivity index (χ3n) is 2.54. The van der Waals surface area contributed by atoms with Gasteiger partial charge in [0.2, 0.25) is 0 Å². The second-order valence-corrected chi connectivity index (χ2v) is 5.62. The summed E-state index contributed by atoms with van der Waals surface area (Å²) in [6.45, 7) is 3.09. The topological polar surface area (TPSA) is 89.3 Å². The molecule has 1 aromatic carbocycles. The molecule has 0 aliphatic rings. The summed E-state index contributed by atoms with van der Waals surface area (Å²) >= 11 is 0. The Balaban J connectivity index is 2.33. The highest BCUT2D eigenvalue weighted by Gasteiger charge is 2.24. The summed E-state index contributed by atoms with van der Waals surface area (Å²) in [5.74, 6) is 0.231. The summed E-state index contributed by atoms with van der Waals surface area (Å²) in [5.41, 5.74) is 1.14. The van der Waals surface area contributed by atoms with Crippen LogP contribution in [0, 0.1) is 13.8 Å². The fourth-order valence-electron chi connectivity index (χ4n) is 1.69. The summed E-state index contributed by atoms with van der Waals surface area (Å²) in [4.78, 5) is 10.6. The van der Waals surface area contributed by atoms with Crippen LogP contribution in [0.4, 0.5) is 5.69 Å². The largest absolute Gasteiger partial charge is 0.360 e. The van der Waals surface area contributed by atoms with Gasteiger partial charge >= 0.3 is 0 Å². The number of hydrogen-bond donors (Lipinski definition) is 1. The van der Waals surface area contributed by atoms with Gasteiger partial charge in [0.05, 0.1) is 0 Å². The summed E-state index contributed by atoms with van der Waals surface area (Å²) < 4.78 is 31.6. The number of benzene rings is 1. The minimum absolute atomic E-state index is 0.0342. The predicted molar refractivity (Wildman–Crippen MR) is 68.6 cm³/mol. The number of anilines is 1. The highest BCUT2D eigenvalue weighted by Crippen LogP contribution is 2.22. The zero-order valence-corrected chi connectivity index (χ0v) is 11.2. The lowest BCUT2D eigenvalue weighted by Crippen LogP contribution is -2.14. The van der Waals surface area contributed by atoms with Crippen LogP contribution in [0.15, 0.2) is 33.7 Å². The number of aryl methyl sites for hydroxylation is 2. The number of aromatic nitrogens is 1. The number of sulfonamides is 1. The first-order valence-electron chi connectivity index (χ1n) is 5.45. The monoisotopic (exact) mass is 280 g/mol. The first kappa shape index (κ1) is 13.3. The van der Waals surface area contributed by atoms with E-state index >= 15 is 0 Å². The minimum Gasteiger partial charge on any atom is -0.360 e. The third-order valence-corrected chi connectivity index (χ3v) is 4.16. The number of hydrogen-bond acceptors (Lipinski definition) is 5. The maximum atomic E-state index is 12.2. The molecule has 0 saturated carbocycles. The van der Waals surface area contributed by atoms with E-state index in [1.165, 1.54) is 31.2 Å². The van der Waals surface area contributed by atoms with Crippen molar-refractivity contribution in [3.63, 3.8) is 0 Å². The Morgan fingerprint density at radius 3 is 2.32 bits per heavy atom. The molecule has 0 spiro atoms. The van der Waals surface area contributed by atoms with Crippen molar-refractivity contribution in [2.24, 2.45) is 0 Å². The van der Waals surface area contributed by atoms with Crippen LogP contribution < -0.4 is 4.72 Å². The van der Waals surface area contributed by atoms with E-state index in [0.717, 1.165) is 0 Å². The molecule has 0 aliphatic heterocycles. The zero-order valence-electron chi connectivity index (χ0n) is 10.4. The smallest absolute Gasteiger partial charge is 0.267 e. The lowest BCUT2D eigenvalue weighted by molar-refractivity contribution is 0.112. The Hall–Kier alpha value is -2.15. The lowest BCUT2D eigenvalue weighted by Gasteiger charge is -2.07. The molecular weight excluding hydrogens is 268 g/mol. The van der Waals surface area contributed by atoms with Gasteiger partial charge in [-0.15, -0.1) is 0 Å². The Labute approximate surface area is 110 Å². The molecule has 1 aromatic heterocycles. The fourth-order valence-corrected chi connectivity index (χ4v) is 3.08. The molecule has 6 nitrogen and oxygen atoms in total. The Bertz CT molecular complexity index is 682. The van der Waals surface area contributed by atoms with Gasteiger partial charge in [0.25, 0.3) is 10.0 Å². The normalized spacial score (nSPS) is 11.3. The molecule has 19 heavy (non-hydrogen) atoms. The summed E-state index contributed by atoms with van der Waals surface area (Å²) in [7, 11) is -3.75. The van der Waals surface area contributed by atoms with E-state index in [4.69, 9.17) is 4.52 Å². The predicted octanol–water partition coefficient (Wildman–Crippen LogP) is 1.90. The number of rotatable bonds is 4. The van der Waals surface area contributed by atoms with Gasteiger partial charge in [0.15, 0.2) is 10.7 Å². The van der Waals surface area contributed by atoms with Crippen molar-refractivity contribution in [3.8, 4) is 0 Å². The molecule has 1 heterocycles. The molecule has 0 amide bonds. The number of nitrogens with one attached hydrogen (secondary N) is 1. The van der Waals surface area contributed by atoms with Gasteiger partial charge in [-0.05, 0) is 38.1 Å². The SMILES string of the molecule is Cc1noc(C)c1S(=O)(=O)Nc1ccc(C=O)cc1. The van der Waals surface area contributed by atoms with Crippen LogP contribution in [0.2, 0.25) is 0 Å². The molecule has 0 radical (unpaired) electrons. The van der Waals surface area contributed by atoms with Crippen LogP contribution in [-0.2, 0) is 10.0 Å². The van der Waals surface area contributed by atoms with E-state index < -0.39 is 10.0 Å². The highest BCUT2D eigenvalue weighted by atomic mass is 32.2. The van der Waals surface area contributed by atoms with E-state index in [9.17, 15) is 13.2 Å². The van der Waals surface area contributed by atoms with Crippen LogP contribution in [0.5, 0.6) is 0 Å². The van der Waals surface area contributed by atoms with Crippen LogP contribution in [-0.4, -0.2) is 19.9 Å². The van der Waals surface area contributed by atoms with E-state index in [-0.39, 0.29) is 10.7 Å². The van der Waals surface area contributed by atoms with Crippen molar-refractivity contribution in [2.45, 2.75) is 18.7 Å². The van der Waals surface area contributed by atoms with Crippen molar-refractivity contribution in [1.82, 2.24) is 5.16 Å². The second kappa shape index (κ2) is 4.85. The van der Waals surface area contributed by atoms with Crippen LogP contribution in [0.1, 0.15) is 21.8 Å². The first-order valence-corrected chi connectivity index (χ1v) is 6.93. The Morgan fingerprint density at radius 2 is 1.84 bits per heavy atom. The van der Waals surface area contributed by atoms with E-state index in [1.807, 2.05) is 0 Å². The maximum absolute atomic E-state index is 12.2. The molecule has 2 rings (SSSR count). The van der Waals surface area contributed by atoms with Gasteiger partial charge in [-0.3, -0.25) is 9.52 Å². The van der Waals surface area contributed by atoms with Crippen LogP contribution >= 0.6 is 0 Å². The average Bonchev–Trinajstić information content (AvgIpc) is 2.70. The van der Waals surface area contributed by atoms with Crippen LogP contribution in [0.3, 0.4) is 0 Å². The number of nitrogens with zero attached hydrogens (tertiary/aromatic N) is 1. The standard InChI is InChI=1S/C12H12N2O4S/c1-8-12(9(2)18-13-8)19(16,17)14-11-5-3-10(7-15)4-6-11/h3-7,14H,1-2H3. The van der Waals surface area contributed by atoms with Crippen molar-refractivity contribution in [3.05, 3.63) is 41.3 Å². The lowest BCUT2D eigenvalue weighted by atomic mass is 10.2. The van der Waals surface area contributed by atoms with E-state index in [1.54, 1.807) is 6.92 Å². The van der Waals surface area contributed by atoms with Gasteiger partial charge in [-0.25, -0.2) is 8.42 Å². The molecule has 7 heteroatoms. The van der Waals surface area contributed by atoms with Gasteiger partial charge in [-0.2, -0.15) is 0 Å². The first-order chi connectivity index (χ1) is 8.94. The Kier molecular flexibility index (Phi) is 3.39. The second-order valence-electron chi connectivity index (χ2n) is 4.00.